The molecule has 0 unspecified atom stereocenters. The highest BCUT2D eigenvalue weighted by atomic mass is 32.2. The highest BCUT2D eigenvalue weighted by Crippen LogP contribution is 2.27. The number of likely N-dealkylation sites (N-methyl/N-ethyl adjacent to an activating group) is 1. The molecule has 0 radical (unpaired) electrons. The van der Waals surface area contributed by atoms with Crippen LogP contribution < -0.4 is 5.32 Å². The zero-order chi connectivity index (χ0) is 24.9. The lowest BCUT2D eigenvalue weighted by molar-refractivity contribution is -0.136. The Bertz CT molecular complexity index is 1180. The quantitative estimate of drug-likeness (QED) is 0.474. The molecule has 1 heterocycles. The molecule has 2 atom stereocenters. The van der Waals surface area contributed by atoms with Crippen LogP contribution in [-0.4, -0.2) is 71.9 Å². The summed E-state index contributed by atoms with van der Waals surface area (Å²) in [6.07, 6.45) is 1.69. The van der Waals surface area contributed by atoms with E-state index in [0.29, 0.717) is 11.3 Å². The molecule has 34 heavy (non-hydrogen) atoms. The van der Waals surface area contributed by atoms with Crippen molar-refractivity contribution in [2.75, 3.05) is 25.5 Å². The molecule has 1 aliphatic heterocycles. The van der Waals surface area contributed by atoms with E-state index in [1.807, 2.05) is 6.07 Å². The van der Waals surface area contributed by atoms with Crippen molar-refractivity contribution in [1.29, 1.82) is 0 Å². The van der Waals surface area contributed by atoms with Gasteiger partial charge < -0.3 is 15.3 Å². The predicted molar refractivity (Wildman–Crippen MR) is 132 cm³/mol. The number of carbonyl (C=O) groups excluding carboxylic acids is 2. The second kappa shape index (κ2) is 10.9. The number of sulfonamides is 1. The van der Waals surface area contributed by atoms with Crippen LogP contribution in [0, 0.1) is 0 Å². The van der Waals surface area contributed by atoms with Gasteiger partial charge in [-0.1, -0.05) is 30.3 Å². The number of hydrogen-bond donors (Lipinski definition) is 3. The zero-order valence-electron chi connectivity index (χ0n) is 18.4. The van der Waals surface area contributed by atoms with Crippen molar-refractivity contribution in [3.05, 3.63) is 71.1 Å². The fourth-order valence-electron chi connectivity index (χ4n) is 3.54. The van der Waals surface area contributed by atoms with E-state index < -0.39 is 33.8 Å². The number of carbonyl (C=O) groups is 3. The van der Waals surface area contributed by atoms with Gasteiger partial charge in [0, 0.05) is 29.9 Å². The molecule has 2 aromatic carbocycles. The van der Waals surface area contributed by atoms with Gasteiger partial charge in [-0.2, -0.15) is 16.9 Å². The molecule has 3 rings (SSSR count). The number of aromatic carboxylic acids is 1. The molecule has 1 saturated heterocycles. The number of rotatable bonds is 8. The molecule has 0 spiro atoms. The van der Waals surface area contributed by atoms with Gasteiger partial charge in [-0.05, 0) is 42.3 Å². The summed E-state index contributed by atoms with van der Waals surface area (Å²) in [6, 6.07) is 13.6. The van der Waals surface area contributed by atoms with Crippen molar-refractivity contribution < 1.29 is 27.9 Å². The minimum atomic E-state index is -3.90. The van der Waals surface area contributed by atoms with Gasteiger partial charge in [0.2, 0.25) is 21.8 Å². The van der Waals surface area contributed by atoms with E-state index in [0.717, 1.165) is 9.71 Å². The lowest BCUT2D eigenvalue weighted by atomic mass is 10.2. The fraction of sp³-hybridized carbons (Fsp3) is 0.261. The lowest BCUT2D eigenvalue weighted by Crippen LogP contribution is -2.47. The van der Waals surface area contributed by atoms with Gasteiger partial charge in [-0.25, -0.2) is 13.2 Å². The molecule has 2 aromatic rings. The molecule has 1 fully saturated rings. The summed E-state index contributed by atoms with van der Waals surface area (Å²) < 4.78 is 27.0. The molecule has 0 aliphatic carbocycles. The van der Waals surface area contributed by atoms with E-state index in [-0.39, 0.29) is 30.3 Å². The smallest absolute Gasteiger partial charge is 0.335 e. The third-order valence-corrected chi connectivity index (χ3v) is 7.16. The van der Waals surface area contributed by atoms with E-state index in [1.165, 1.54) is 42.3 Å². The minimum absolute atomic E-state index is 0.0791. The summed E-state index contributed by atoms with van der Waals surface area (Å²) >= 11 is 4.38. The number of carboxylic acid groups (broad SMARTS) is 1. The molecule has 0 bridgehead atoms. The number of carboxylic acids is 1. The number of anilines is 1. The van der Waals surface area contributed by atoms with Crippen LogP contribution in [0.1, 0.15) is 22.3 Å². The summed E-state index contributed by atoms with van der Waals surface area (Å²) in [6.45, 7) is -0.224. The number of hydrogen-bond acceptors (Lipinski definition) is 6. The molecule has 9 nitrogen and oxygen atoms in total. The van der Waals surface area contributed by atoms with Crippen LogP contribution in [0.4, 0.5) is 5.69 Å². The summed E-state index contributed by atoms with van der Waals surface area (Å²) in [5.74, 6) is -2.09. The Morgan fingerprint density at radius 2 is 1.79 bits per heavy atom. The first kappa shape index (κ1) is 25.5. The lowest BCUT2D eigenvalue weighted by Gasteiger charge is -2.26. The SMILES string of the molecule is CN(CC(=O)Nc1ccc(C(=O)O)cc1)C(=O)[C@@H]1C[C@H](S)CN1S(=O)(=O)C=Cc1ccccc1. The van der Waals surface area contributed by atoms with Crippen molar-refractivity contribution >= 4 is 52.2 Å². The molecule has 1 aliphatic rings. The van der Waals surface area contributed by atoms with Crippen LogP contribution >= 0.6 is 12.6 Å². The normalized spacial score (nSPS) is 18.6. The highest BCUT2D eigenvalue weighted by Gasteiger charge is 2.42. The van der Waals surface area contributed by atoms with E-state index in [9.17, 15) is 22.8 Å². The minimum Gasteiger partial charge on any atom is -0.478 e. The highest BCUT2D eigenvalue weighted by molar-refractivity contribution is 7.92. The second-order valence-corrected chi connectivity index (χ2v) is 10.4. The monoisotopic (exact) mass is 503 g/mol. The average Bonchev–Trinajstić information content (AvgIpc) is 3.21. The van der Waals surface area contributed by atoms with Gasteiger partial charge in [0.05, 0.1) is 12.1 Å². The van der Waals surface area contributed by atoms with E-state index >= 15 is 0 Å². The third-order valence-electron chi connectivity index (χ3n) is 5.25. The van der Waals surface area contributed by atoms with E-state index in [4.69, 9.17) is 5.11 Å². The number of amides is 2. The maximum absolute atomic E-state index is 13.0. The Labute approximate surface area is 203 Å². The number of nitrogens with zero attached hydrogens (tertiary/aromatic N) is 2. The maximum Gasteiger partial charge on any atom is 0.335 e. The van der Waals surface area contributed by atoms with Crippen molar-refractivity contribution in [3.8, 4) is 0 Å². The van der Waals surface area contributed by atoms with Crippen LogP contribution in [-0.2, 0) is 19.6 Å². The largest absolute Gasteiger partial charge is 0.478 e. The molecule has 0 aromatic heterocycles. The first-order valence-electron chi connectivity index (χ1n) is 10.4. The number of benzene rings is 2. The van der Waals surface area contributed by atoms with Crippen LogP contribution in [0.2, 0.25) is 0 Å². The topological polar surface area (TPSA) is 124 Å². The number of nitrogens with one attached hydrogen (secondary N) is 1. The van der Waals surface area contributed by atoms with Gasteiger partial charge in [-0.3, -0.25) is 9.59 Å². The van der Waals surface area contributed by atoms with E-state index in [1.54, 1.807) is 24.3 Å². The van der Waals surface area contributed by atoms with Gasteiger partial charge in [0.1, 0.15) is 6.04 Å². The number of thiol groups is 1. The molecule has 2 N–H and O–H groups in total. The summed E-state index contributed by atoms with van der Waals surface area (Å²) in [5, 5.41) is 12.3. The van der Waals surface area contributed by atoms with Gasteiger partial charge in [-0.15, -0.1) is 0 Å². The summed E-state index contributed by atoms with van der Waals surface area (Å²) in [7, 11) is -2.48. The van der Waals surface area contributed by atoms with Crippen LogP contribution in [0.15, 0.2) is 60.0 Å². The molecule has 180 valence electrons. The Morgan fingerprint density at radius 3 is 2.41 bits per heavy atom. The van der Waals surface area contributed by atoms with Crippen LogP contribution in [0.5, 0.6) is 0 Å². The maximum atomic E-state index is 13.0. The Morgan fingerprint density at radius 1 is 1.15 bits per heavy atom. The van der Waals surface area contributed by atoms with Crippen molar-refractivity contribution in [2.24, 2.45) is 0 Å². The van der Waals surface area contributed by atoms with Crippen molar-refractivity contribution in [3.63, 3.8) is 0 Å². The van der Waals surface area contributed by atoms with Crippen LogP contribution in [0.3, 0.4) is 0 Å². The van der Waals surface area contributed by atoms with E-state index in [2.05, 4.69) is 17.9 Å². The van der Waals surface area contributed by atoms with Crippen molar-refractivity contribution in [1.82, 2.24) is 9.21 Å². The van der Waals surface area contributed by atoms with Gasteiger partial charge >= 0.3 is 5.97 Å². The standard InChI is InChI=1S/C23H25N3O6S2/c1-25(15-21(27)24-18-9-7-17(8-10-18)23(29)30)22(28)20-13-19(33)14-26(20)34(31,32)12-11-16-5-3-2-4-6-16/h2-12,19-20,33H,13-15H2,1H3,(H,24,27)(H,29,30)/t19-,20-/m0/s1. The fourth-order valence-corrected chi connectivity index (χ4v) is 5.43. The van der Waals surface area contributed by atoms with Crippen molar-refractivity contribution in [2.45, 2.75) is 17.7 Å². The first-order valence-corrected chi connectivity index (χ1v) is 12.4. The van der Waals surface area contributed by atoms with Gasteiger partial charge in [0.25, 0.3) is 0 Å². The molecular weight excluding hydrogens is 478 g/mol. The predicted octanol–water partition coefficient (Wildman–Crippen LogP) is 2.16. The van der Waals surface area contributed by atoms with Gasteiger partial charge in [0.15, 0.2) is 0 Å². The Hall–Kier alpha value is -3.15. The molecule has 11 heteroatoms. The third kappa shape index (κ3) is 6.46. The average molecular weight is 504 g/mol. The Balaban J connectivity index is 1.65. The molecule has 0 saturated carbocycles. The molecular formula is C23H25N3O6S2. The Kier molecular flexibility index (Phi) is 8.13. The zero-order valence-corrected chi connectivity index (χ0v) is 20.1. The first-order chi connectivity index (χ1) is 16.1. The van der Waals surface area contributed by atoms with Crippen LogP contribution in [0.25, 0.3) is 6.08 Å². The second-order valence-electron chi connectivity index (χ2n) is 7.86. The summed E-state index contributed by atoms with van der Waals surface area (Å²) in [5.41, 5.74) is 1.17. The molecule has 2 amide bonds. The summed E-state index contributed by atoms with van der Waals surface area (Å²) in [4.78, 5) is 37.5.